The highest BCUT2D eigenvalue weighted by Gasteiger charge is 2.27. The third kappa shape index (κ3) is 3.36. The predicted octanol–water partition coefficient (Wildman–Crippen LogP) is 4.03. The van der Waals surface area contributed by atoms with Gasteiger partial charge in [-0.15, -0.1) is 0 Å². The Bertz CT molecular complexity index is 443. The highest BCUT2D eigenvalue weighted by molar-refractivity contribution is 5.32. The molecule has 1 saturated carbocycles. The van der Waals surface area contributed by atoms with Gasteiger partial charge in [0.2, 0.25) is 0 Å². The Morgan fingerprint density at radius 3 is 2.53 bits per heavy atom. The second kappa shape index (κ2) is 6.21. The molecule has 19 heavy (non-hydrogen) atoms. The zero-order valence-corrected chi connectivity index (χ0v) is 12.2. The zero-order valence-electron chi connectivity index (χ0n) is 12.2. The molecule has 1 N–H and O–H groups in total. The van der Waals surface area contributed by atoms with Crippen LogP contribution in [0.5, 0.6) is 0 Å². The van der Waals surface area contributed by atoms with Crippen LogP contribution >= 0.6 is 0 Å². The highest BCUT2D eigenvalue weighted by Crippen LogP contribution is 2.31. The van der Waals surface area contributed by atoms with Crippen LogP contribution in [0.15, 0.2) is 24.3 Å². The summed E-state index contributed by atoms with van der Waals surface area (Å²) >= 11 is 0. The largest absolute Gasteiger partial charge is 0.307 e. The van der Waals surface area contributed by atoms with Gasteiger partial charge in [-0.1, -0.05) is 38.8 Å². The van der Waals surface area contributed by atoms with Gasteiger partial charge in [0.1, 0.15) is 0 Å². The molecule has 0 saturated heterocycles. The Kier molecular flexibility index (Phi) is 4.61. The molecule has 0 unspecified atom stereocenters. The van der Waals surface area contributed by atoms with Gasteiger partial charge in [-0.3, -0.25) is 0 Å². The second-order valence-electron chi connectivity index (χ2n) is 6.00. The minimum absolute atomic E-state index is 0.352. The molecule has 1 aliphatic rings. The molecule has 2 nitrogen and oxygen atoms in total. The van der Waals surface area contributed by atoms with Crippen molar-refractivity contribution >= 4 is 0 Å². The molecular formula is C17H24N2. The molecule has 2 rings (SSSR count). The third-order valence-electron chi connectivity index (χ3n) is 4.71. The van der Waals surface area contributed by atoms with Crippen LogP contribution in [0, 0.1) is 23.2 Å². The first kappa shape index (κ1) is 14.1. The molecule has 0 bridgehead atoms. The Balaban J connectivity index is 1.99. The lowest BCUT2D eigenvalue weighted by atomic mass is 9.77. The molecule has 0 spiro atoms. The number of rotatable bonds is 3. The van der Waals surface area contributed by atoms with Crippen LogP contribution in [0.25, 0.3) is 0 Å². The van der Waals surface area contributed by atoms with Crippen molar-refractivity contribution in [1.29, 1.82) is 5.26 Å². The number of nitrogens with zero attached hydrogens (tertiary/aromatic N) is 1. The van der Waals surface area contributed by atoms with Gasteiger partial charge in [-0.2, -0.15) is 5.26 Å². The van der Waals surface area contributed by atoms with Crippen LogP contribution in [0.1, 0.15) is 57.2 Å². The molecule has 1 aromatic rings. The van der Waals surface area contributed by atoms with Crippen LogP contribution in [0.2, 0.25) is 0 Å². The van der Waals surface area contributed by atoms with E-state index in [4.69, 9.17) is 5.26 Å². The molecule has 1 aliphatic carbocycles. The first-order valence-electron chi connectivity index (χ1n) is 7.38. The number of hydrogen-bond donors (Lipinski definition) is 1. The number of nitriles is 1. The van der Waals surface area contributed by atoms with Gasteiger partial charge in [0.25, 0.3) is 0 Å². The van der Waals surface area contributed by atoms with Gasteiger partial charge in [-0.25, -0.2) is 0 Å². The van der Waals surface area contributed by atoms with Crippen molar-refractivity contribution in [2.45, 2.75) is 52.1 Å². The standard InChI is InChI=1S/C17H24N2/c1-12-5-4-6-17(13(12)2)19-14(3)16-9-7-15(11-18)8-10-16/h7-10,12-14,17,19H,4-6H2,1-3H3/t12-,13+,14+,17-/m1/s1. The van der Waals surface area contributed by atoms with Crippen LogP contribution in [-0.2, 0) is 0 Å². The van der Waals surface area contributed by atoms with Gasteiger partial charge in [0, 0.05) is 12.1 Å². The van der Waals surface area contributed by atoms with E-state index in [0.29, 0.717) is 12.1 Å². The summed E-state index contributed by atoms with van der Waals surface area (Å²) in [6.45, 7) is 6.95. The minimum atomic E-state index is 0.352. The molecule has 0 aliphatic heterocycles. The van der Waals surface area contributed by atoms with Crippen LogP contribution in [0.3, 0.4) is 0 Å². The first-order chi connectivity index (χ1) is 9.11. The summed E-state index contributed by atoms with van der Waals surface area (Å²) in [6.07, 6.45) is 3.99. The van der Waals surface area contributed by atoms with E-state index >= 15 is 0 Å². The fraction of sp³-hybridized carbons (Fsp3) is 0.588. The summed E-state index contributed by atoms with van der Waals surface area (Å²) < 4.78 is 0. The number of hydrogen-bond acceptors (Lipinski definition) is 2. The Morgan fingerprint density at radius 2 is 1.89 bits per heavy atom. The third-order valence-corrected chi connectivity index (χ3v) is 4.71. The molecule has 0 radical (unpaired) electrons. The van der Waals surface area contributed by atoms with Crippen molar-refractivity contribution in [3.8, 4) is 6.07 Å². The maximum atomic E-state index is 8.83. The quantitative estimate of drug-likeness (QED) is 0.886. The van der Waals surface area contributed by atoms with Gasteiger partial charge >= 0.3 is 0 Å². The fourth-order valence-electron chi connectivity index (χ4n) is 3.08. The highest BCUT2D eigenvalue weighted by atomic mass is 15.0. The van der Waals surface area contributed by atoms with Crippen molar-refractivity contribution in [2.75, 3.05) is 0 Å². The van der Waals surface area contributed by atoms with Crippen LogP contribution in [-0.4, -0.2) is 6.04 Å². The maximum absolute atomic E-state index is 8.83. The molecule has 0 aromatic heterocycles. The van der Waals surface area contributed by atoms with Crippen molar-refractivity contribution in [2.24, 2.45) is 11.8 Å². The van der Waals surface area contributed by atoms with Gasteiger partial charge in [0.05, 0.1) is 11.6 Å². The molecule has 1 fully saturated rings. The average molecular weight is 256 g/mol. The molecular weight excluding hydrogens is 232 g/mol. The van der Waals surface area contributed by atoms with Gasteiger partial charge in [0.15, 0.2) is 0 Å². The van der Waals surface area contributed by atoms with E-state index in [2.05, 4.69) is 44.3 Å². The first-order valence-corrected chi connectivity index (χ1v) is 7.38. The van der Waals surface area contributed by atoms with E-state index in [0.717, 1.165) is 17.4 Å². The van der Waals surface area contributed by atoms with E-state index in [-0.39, 0.29) is 0 Å². The van der Waals surface area contributed by atoms with Crippen molar-refractivity contribution in [3.63, 3.8) is 0 Å². The summed E-state index contributed by atoms with van der Waals surface area (Å²) in [7, 11) is 0. The summed E-state index contributed by atoms with van der Waals surface area (Å²) in [6, 6.07) is 11.1. The summed E-state index contributed by atoms with van der Waals surface area (Å²) in [4.78, 5) is 0. The minimum Gasteiger partial charge on any atom is -0.307 e. The van der Waals surface area contributed by atoms with Gasteiger partial charge in [-0.05, 0) is 42.9 Å². The van der Waals surface area contributed by atoms with E-state index in [1.807, 2.05) is 12.1 Å². The summed E-state index contributed by atoms with van der Waals surface area (Å²) in [5.41, 5.74) is 2.00. The van der Waals surface area contributed by atoms with Crippen molar-refractivity contribution in [1.82, 2.24) is 5.32 Å². The SMILES string of the molecule is C[C@H]1[C@H](C)CCC[C@H]1N[C@@H](C)c1ccc(C#N)cc1. The van der Waals surface area contributed by atoms with Crippen molar-refractivity contribution in [3.05, 3.63) is 35.4 Å². The van der Waals surface area contributed by atoms with Crippen LogP contribution < -0.4 is 5.32 Å². The molecule has 0 heterocycles. The lowest BCUT2D eigenvalue weighted by molar-refractivity contribution is 0.196. The molecule has 2 heteroatoms. The number of benzene rings is 1. The zero-order chi connectivity index (χ0) is 13.8. The van der Waals surface area contributed by atoms with E-state index in [9.17, 15) is 0 Å². The Labute approximate surface area is 116 Å². The monoisotopic (exact) mass is 256 g/mol. The normalized spacial score (nSPS) is 28.6. The van der Waals surface area contributed by atoms with Crippen molar-refractivity contribution < 1.29 is 0 Å². The maximum Gasteiger partial charge on any atom is 0.0991 e. The second-order valence-corrected chi connectivity index (χ2v) is 6.00. The van der Waals surface area contributed by atoms with Gasteiger partial charge < -0.3 is 5.32 Å². The lowest BCUT2D eigenvalue weighted by Crippen LogP contribution is -2.41. The summed E-state index contributed by atoms with van der Waals surface area (Å²) in [5, 5.41) is 12.6. The average Bonchev–Trinajstić information content (AvgIpc) is 2.44. The molecule has 1 aromatic carbocycles. The predicted molar refractivity (Wildman–Crippen MR) is 78.7 cm³/mol. The Hall–Kier alpha value is -1.33. The smallest absolute Gasteiger partial charge is 0.0991 e. The van der Waals surface area contributed by atoms with E-state index in [1.165, 1.54) is 24.8 Å². The molecule has 0 amide bonds. The summed E-state index contributed by atoms with van der Waals surface area (Å²) in [5.74, 6) is 1.56. The molecule has 102 valence electrons. The van der Waals surface area contributed by atoms with Crippen LogP contribution in [0.4, 0.5) is 0 Å². The topological polar surface area (TPSA) is 35.8 Å². The number of nitrogens with one attached hydrogen (secondary N) is 1. The van der Waals surface area contributed by atoms with E-state index < -0.39 is 0 Å². The lowest BCUT2D eigenvalue weighted by Gasteiger charge is -2.36. The van der Waals surface area contributed by atoms with E-state index in [1.54, 1.807) is 0 Å². The Morgan fingerprint density at radius 1 is 1.21 bits per heavy atom. The fourth-order valence-corrected chi connectivity index (χ4v) is 3.08. The molecule has 4 atom stereocenters.